The van der Waals surface area contributed by atoms with Crippen molar-refractivity contribution in [2.75, 3.05) is 17.7 Å². The van der Waals surface area contributed by atoms with E-state index in [1.54, 1.807) is 24.3 Å². The number of rotatable bonds is 5. The quantitative estimate of drug-likeness (QED) is 0.440. The molecule has 0 heterocycles. The van der Waals surface area contributed by atoms with E-state index in [0.717, 1.165) is 9.26 Å². The molecule has 0 spiro atoms. The number of methoxy groups -OCH3 is 1. The number of benzene rings is 2. The smallest absolute Gasteiger partial charge is 0.267 e. The lowest BCUT2D eigenvalue weighted by atomic mass is 10.2. The molecule has 0 aliphatic heterocycles. The Bertz CT molecular complexity index is 764. The molecule has 0 aromatic heterocycles. The second kappa shape index (κ2) is 8.19. The van der Waals surface area contributed by atoms with Crippen LogP contribution in [0.1, 0.15) is 0 Å². The first-order valence-electron chi connectivity index (χ1n) is 6.71. The standard InChI is InChI=1S/C17H14IN3O2/c1-23-16-5-3-2-4-15(16)21-17(22)12(10-19)11-20-14-8-6-13(18)7-9-14/h2-9,11,20H,1H3,(H,21,22)/b12-11-. The first-order valence-corrected chi connectivity index (χ1v) is 7.78. The number of hydrogen-bond acceptors (Lipinski definition) is 4. The van der Waals surface area contributed by atoms with Gasteiger partial charge in [0.2, 0.25) is 0 Å². The third-order valence-electron chi connectivity index (χ3n) is 2.95. The van der Waals surface area contributed by atoms with Crippen LogP contribution in [0.15, 0.2) is 60.3 Å². The number of amides is 1. The van der Waals surface area contributed by atoms with Gasteiger partial charge in [-0.25, -0.2) is 0 Å². The van der Waals surface area contributed by atoms with Gasteiger partial charge >= 0.3 is 0 Å². The SMILES string of the molecule is COc1ccccc1NC(=O)/C(C#N)=C\Nc1ccc(I)cc1. The maximum Gasteiger partial charge on any atom is 0.267 e. The zero-order chi connectivity index (χ0) is 16.7. The van der Waals surface area contributed by atoms with Gasteiger partial charge in [0.25, 0.3) is 5.91 Å². The van der Waals surface area contributed by atoms with Crippen LogP contribution in [0.4, 0.5) is 11.4 Å². The fourth-order valence-electron chi connectivity index (χ4n) is 1.79. The van der Waals surface area contributed by atoms with Gasteiger partial charge in [0, 0.05) is 15.5 Å². The van der Waals surface area contributed by atoms with Crippen LogP contribution in [-0.2, 0) is 4.79 Å². The van der Waals surface area contributed by atoms with Crippen LogP contribution in [0.2, 0.25) is 0 Å². The number of ether oxygens (including phenoxy) is 1. The topological polar surface area (TPSA) is 74.1 Å². The third kappa shape index (κ3) is 4.72. The summed E-state index contributed by atoms with van der Waals surface area (Å²) in [6.07, 6.45) is 1.38. The summed E-state index contributed by atoms with van der Waals surface area (Å²) in [5, 5.41) is 14.8. The Morgan fingerprint density at radius 1 is 1.22 bits per heavy atom. The van der Waals surface area contributed by atoms with Crippen LogP contribution in [0, 0.1) is 14.9 Å². The number of carbonyl (C=O) groups excluding carboxylic acids is 1. The molecule has 6 heteroatoms. The van der Waals surface area contributed by atoms with Crippen molar-refractivity contribution in [1.29, 1.82) is 5.26 Å². The number of nitrogens with zero attached hydrogens (tertiary/aromatic N) is 1. The highest BCUT2D eigenvalue weighted by Crippen LogP contribution is 2.23. The number of para-hydroxylation sites is 2. The minimum atomic E-state index is -0.505. The maximum absolute atomic E-state index is 12.2. The van der Waals surface area contributed by atoms with Crippen LogP contribution < -0.4 is 15.4 Å². The van der Waals surface area contributed by atoms with E-state index in [0.29, 0.717) is 11.4 Å². The van der Waals surface area contributed by atoms with Crippen LogP contribution in [-0.4, -0.2) is 13.0 Å². The Hall–Kier alpha value is -2.53. The van der Waals surface area contributed by atoms with E-state index in [1.807, 2.05) is 30.3 Å². The lowest BCUT2D eigenvalue weighted by molar-refractivity contribution is -0.112. The zero-order valence-corrected chi connectivity index (χ0v) is 14.5. The number of hydrogen-bond donors (Lipinski definition) is 2. The first kappa shape index (κ1) is 16.8. The molecule has 0 aliphatic carbocycles. The number of nitriles is 1. The van der Waals surface area contributed by atoms with E-state index in [4.69, 9.17) is 4.74 Å². The molecular weight excluding hydrogens is 405 g/mol. The molecule has 116 valence electrons. The lowest BCUT2D eigenvalue weighted by Crippen LogP contribution is -2.15. The summed E-state index contributed by atoms with van der Waals surface area (Å²) in [7, 11) is 1.52. The molecule has 5 nitrogen and oxygen atoms in total. The van der Waals surface area contributed by atoms with Crippen LogP contribution in [0.25, 0.3) is 0 Å². The normalized spacial score (nSPS) is 10.6. The Morgan fingerprint density at radius 3 is 2.57 bits per heavy atom. The highest BCUT2D eigenvalue weighted by molar-refractivity contribution is 14.1. The molecule has 0 radical (unpaired) electrons. The lowest BCUT2D eigenvalue weighted by Gasteiger charge is -2.09. The average Bonchev–Trinajstić information content (AvgIpc) is 2.57. The van der Waals surface area contributed by atoms with E-state index in [2.05, 4.69) is 33.2 Å². The van der Waals surface area contributed by atoms with E-state index in [1.165, 1.54) is 13.3 Å². The molecule has 0 aliphatic rings. The van der Waals surface area contributed by atoms with Gasteiger partial charge in [-0.3, -0.25) is 4.79 Å². The molecule has 23 heavy (non-hydrogen) atoms. The Labute approximate surface area is 148 Å². The minimum Gasteiger partial charge on any atom is -0.495 e. The fourth-order valence-corrected chi connectivity index (χ4v) is 2.15. The maximum atomic E-state index is 12.2. The summed E-state index contributed by atoms with van der Waals surface area (Å²) in [5.74, 6) is 0.0266. The molecule has 0 saturated heterocycles. The summed E-state index contributed by atoms with van der Waals surface area (Å²) in [6.45, 7) is 0. The van der Waals surface area contributed by atoms with Crippen molar-refractivity contribution in [2.24, 2.45) is 0 Å². The number of carbonyl (C=O) groups is 1. The van der Waals surface area contributed by atoms with Gasteiger partial charge in [0.1, 0.15) is 17.4 Å². The summed E-state index contributed by atoms with van der Waals surface area (Å²) < 4.78 is 6.27. The molecule has 0 saturated carbocycles. The molecule has 0 atom stereocenters. The molecule has 1 amide bonds. The minimum absolute atomic E-state index is 0.0329. The molecule has 2 aromatic carbocycles. The van der Waals surface area contributed by atoms with Gasteiger partial charge in [0.05, 0.1) is 12.8 Å². The largest absolute Gasteiger partial charge is 0.495 e. The van der Waals surface area contributed by atoms with Gasteiger partial charge < -0.3 is 15.4 Å². The summed E-state index contributed by atoms with van der Waals surface area (Å²) >= 11 is 2.20. The predicted octanol–water partition coefficient (Wildman–Crippen LogP) is 3.76. The van der Waals surface area contributed by atoms with Crippen LogP contribution in [0.3, 0.4) is 0 Å². The Morgan fingerprint density at radius 2 is 1.91 bits per heavy atom. The Balaban J connectivity index is 2.10. The molecule has 2 aromatic rings. The molecule has 0 unspecified atom stereocenters. The van der Waals surface area contributed by atoms with Crippen molar-refractivity contribution in [1.82, 2.24) is 0 Å². The summed E-state index contributed by atoms with van der Waals surface area (Å²) in [5.41, 5.74) is 1.27. The van der Waals surface area contributed by atoms with E-state index < -0.39 is 5.91 Å². The fraction of sp³-hybridized carbons (Fsp3) is 0.0588. The predicted molar refractivity (Wildman–Crippen MR) is 98.1 cm³/mol. The van der Waals surface area contributed by atoms with Gasteiger partial charge in [-0.15, -0.1) is 0 Å². The Kier molecular flexibility index (Phi) is 6.00. The molecule has 0 bridgehead atoms. The van der Waals surface area contributed by atoms with E-state index in [-0.39, 0.29) is 5.57 Å². The monoisotopic (exact) mass is 419 g/mol. The van der Waals surface area contributed by atoms with Gasteiger partial charge in [-0.1, -0.05) is 12.1 Å². The van der Waals surface area contributed by atoms with Crippen LogP contribution in [0.5, 0.6) is 5.75 Å². The molecular formula is C17H14IN3O2. The first-order chi connectivity index (χ1) is 11.1. The summed E-state index contributed by atoms with van der Waals surface area (Å²) in [6, 6.07) is 16.5. The van der Waals surface area contributed by atoms with Crippen molar-refractivity contribution in [3.05, 3.63) is 63.9 Å². The van der Waals surface area contributed by atoms with Crippen molar-refractivity contribution < 1.29 is 9.53 Å². The van der Waals surface area contributed by atoms with Crippen LogP contribution >= 0.6 is 22.6 Å². The van der Waals surface area contributed by atoms with Crippen molar-refractivity contribution in [2.45, 2.75) is 0 Å². The zero-order valence-electron chi connectivity index (χ0n) is 12.3. The highest BCUT2D eigenvalue weighted by atomic mass is 127. The molecule has 2 rings (SSSR count). The van der Waals surface area contributed by atoms with Gasteiger partial charge in [-0.2, -0.15) is 5.26 Å². The van der Waals surface area contributed by atoms with E-state index >= 15 is 0 Å². The third-order valence-corrected chi connectivity index (χ3v) is 3.67. The van der Waals surface area contributed by atoms with Crippen molar-refractivity contribution in [3.63, 3.8) is 0 Å². The molecule has 2 N–H and O–H groups in total. The number of anilines is 2. The van der Waals surface area contributed by atoms with Crippen molar-refractivity contribution >= 4 is 39.9 Å². The average molecular weight is 419 g/mol. The molecule has 0 fully saturated rings. The highest BCUT2D eigenvalue weighted by Gasteiger charge is 2.11. The second-order valence-corrected chi connectivity index (χ2v) is 5.72. The number of halogens is 1. The second-order valence-electron chi connectivity index (χ2n) is 4.48. The van der Waals surface area contributed by atoms with Crippen molar-refractivity contribution in [3.8, 4) is 11.8 Å². The van der Waals surface area contributed by atoms with E-state index in [9.17, 15) is 10.1 Å². The summed E-state index contributed by atoms with van der Waals surface area (Å²) in [4.78, 5) is 12.2. The number of nitrogens with one attached hydrogen (secondary N) is 2. The van der Waals surface area contributed by atoms with Gasteiger partial charge in [0.15, 0.2) is 0 Å². The van der Waals surface area contributed by atoms with Gasteiger partial charge in [-0.05, 0) is 59.0 Å².